The van der Waals surface area contributed by atoms with E-state index >= 15 is 0 Å². The summed E-state index contributed by atoms with van der Waals surface area (Å²) in [5, 5.41) is 17.4. The Morgan fingerprint density at radius 3 is 1.76 bits per heavy atom. The standard InChI is InChI=1S/C7H15N2O.C2F6NO4S2/c1-9(2,3)6-7(10)4-5-8;3-1(4,5)14(10,11)9-15(12,13)2(6,7)8/h7,10H,4,6H2,1-3H3;/q+1;-1/p+1. The molecule has 0 saturated carbocycles. The topological polar surface area (TPSA) is 131 Å². The molecule has 0 aromatic heterocycles. The Morgan fingerprint density at radius 2 is 1.52 bits per heavy atom. The van der Waals surface area contributed by atoms with Crippen LogP contribution in [0.4, 0.5) is 26.3 Å². The summed E-state index contributed by atoms with van der Waals surface area (Å²) in [5.41, 5.74) is -12.3. The first-order valence-corrected chi connectivity index (χ1v) is 8.81. The number of likely N-dealkylation sites (N-methyl/N-ethyl adjacent to an activating group) is 1. The normalized spacial score (nSPS) is 16.8. The minimum atomic E-state index is -6.66. The van der Waals surface area contributed by atoms with Gasteiger partial charge in [0, 0.05) is 0 Å². The van der Waals surface area contributed by atoms with Crippen LogP contribution in [0.15, 0.2) is 0 Å². The smallest absolute Gasteiger partial charge is 0.386 e. The summed E-state index contributed by atoms with van der Waals surface area (Å²) in [5.74, 6) is 0. The Kier molecular flexibility index (Phi) is 8.86. The Morgan fingerprint density at radius 1 is 1.12 bits per heavy atom. The van der Waals surface area contributed by atoms with E-state index in [1.807, 2.05) is 27.2 Å². The molecule has 2 N–H and O–H groups in total. The zero-order valence-corrected chi connectivity index (χ0v) is 14.7. The third-order valence-corrected chi connectivity index (χ3v) is 4.66. The summed E-state index contributed by atoms with van der Waals surface area (Å²) in [6, 6.07) is 1.93. The van der Waals surface area contributed by atoms with E-state index in [9.17, 15) is 39.0 Å². The number of aliphatic hydroxyl groups is 1. The van der Waals surface area contributed by atoms with E-state index in [0.29, 0.717) is 11.0 Å². The predicted molar refractivity (Wildman–Crippen MR) is 73.6 cm³/mol. The van der Waals surface area contributed by atoms with E-state index in [-0.39, 0.29) is 6.42 Å². The molecule has 0 aliphatic heterocycles. The number of aliphatic hydroxyl groups excluding tert-OH is 1. The van der Waals surface area contributed by atoms with E-state index in [2.05, 4.69) is 0 Å². The van der Waals surface area contributed by atoms with Gasteiger partial charge in [-0.05, 0) is 0 Å². The average Bonchev–Trinajstić information content (AvgIpc) is 2.22. The van der Waals surface area contributed by atoms with Crippen molar-refractivity contribution < 1.29 is 52.8 Å². The van der Waals surface area contributed by atoms with Crippen LogP contribution in [0.5, 0.6) is 0 Å². The van der Waals surface area contributed by atoms with Gasteiger partial charge in [-0.1, -0.05) is 0 Å². The van der Waals surface area contributed by atoms with E-state index < -0.39 is 37.2 Å². The number of rotatable bonds is 5. The molecule has 0 saturated heterocycles. The van der Waals surface area contributed by atoms with Gasteiger partial charge in [-0.25, -0.2) is 12.6 Å². The molecular weight excluding hydrogens is 408 g/mol. The monoisotopic (exact) mass is 424 g/mol. The second-order valence-electron chi connectivity index (χ2n) is 5.43. The van der Waals surface area contributed by atoms with Crippen LogP contribution in [-0.2, 0) is 20.0 Å². The largest absolute Gasteiger partial charge is 0.525 e. The second-order valence-corrected chi connectivity index (χ2v) is 8.89. The number of nitrogens with zero attached hydrogens (tertiary/aromatic N) is 3. The highest BCUT2D eigenvalue weighted by Gasteiger charge is 2.50. The molecule has 0 amide bonds. The van der Waals surface area contributed by atoms with Crippen LogP contribution in [0.3, 0.4) is 0 Å². The molecule has 16 heteroatoms. The Labute approximate surface area is 140 Å². The van der Waals surface area contributed by atoms with Crippen molar-refractivity contribution in [1.29, 1.82) is 5.26 Å². The first kappa shape index (κ1) is 26.1. The maximum absolute atomic E-state index is 11.5. The molecule has 0 fully saturated rings. The van der Waals surface area contributed by atoms with Crippen LogP contribution in [0.25, 0.3) is 4.13 Å². The lowest BCUT2D eigenvalue weighted by Gasteiger charge is -2.25. The number of sulfonamides is 1. The molecule has 0 heterocycles. The van der Waals surface area contributed by atoms with Crippen molar-refractivity contribution in [1.82, 2.24) is 0 Å². The zero-order valence-electron chi connectivity index (χ0n) is 13.0. The minimum Gasteiger partial charge on any atom is -0.386 e. The highest BCUT2D eigenvalue weighted by molar-refractivity contribution is 8.13. The van der Waals surface area contributed by atoms with Gasteiger partial charge in [0.05, 0.1) is 33.6 Å². The van der Waals surface area contributed by atoms with Crippen LogP contribution in [0, 0.1) is 11.3 Å². The van der Waals surface area contributed by atoms with E-state index in [4.69, 9.17) is 14.6 Å². The van der Waals surface area contributed by atoms with Crippen molar-refractivity contribution in [3.63, 3.8) is 0 Å². The lowest BCUT2D eigenvalue weighted by atomic mass is 10.2. The molecule has 25 heavy (non-hydrogen) atoms. The molecule has 0 aliphatic rings. The molecule has 2 atom stereocenters. The third-order valence-electron chi connectivity index (χ3n) is 1.88. The summed E-state index contributed by atoms with van der Waals surface area (Å²) in [4.78, 5) is 0. The van der Waals surface area contributed by atoms with Crippen LogP contribution < -0.4 is 0 Å². The van der Waals surface area contributed by atoms with Crippen molar-refractivity contribution in [3.05, 3.63) is 4.13 Å². The summed E-state index contributed by atoms with van der Waals surface area (Å²) < 4.78 is 108. The zero-order chi connectivity index (χ0) is 20.9. The van der Waals surface area contributed by atoms with Gasteiger partial charge in [0.25, 0.3) is 0 Å². The lowest BCUT2D eigenvalue weighted by Crippen LogP contribution is -2.41. The predicted octanol–water partition coefficient (Wildman–Crippen LogP) is 1.18. The molecule has 8 nitrogen and oxygen atoms in total. The summed E-state index contributed by atoms with van der Waals surface area (Å²) in [6.45, 7) is 0.633. The fourth-order valence-corrected chi connectivity index (χ4v) is 2.76. The number of alkyl halides is 6. The lowest BCUT2D eigenvalue weighted by molar-refractivity contribution is -0.873. The van der Waals surface area contributed by atoms with Crippen LogP contribution in [0.1, 0.15) is 6.42 Å². The molecule has 0 spiro atoms. The molecule has 0 radical (unpaired) electrons. The maximum Gasteiger partial charge on any atom is 0.525 e. The van der Waals surface area contributed by atoms with Crippen molar-refractivity contribution in [2.75, 3.05) is 27.7 Å². The molecule has 0 rings (SSSR count). The Balaban J connectivity index is 0. The van der Waals surface area contributed by atoms with Crippen molar-refractivity contribution in [2.45, 2.75) is 23.5 Å². The number of nitriles is 1. The average molecular weight is 424 g/mol. The SMILES string of the molecule is C[N+](C)(C)CC(O)CC#N.O=S(=O)([N-]S(=O)(=[OH+])C(F)(F)F)C(F)(F)F. The quantitative estimate of drug-likeness (QED) is 0.402. The van der Waals surface area contributed by atoms with Crippen LogP contribution in [0.2, 0.25) is 0 Å². The van der Waals surface area contributed by atoms with Crippen molar-refractivity contribution in [3.8, 4) is 6.07 Å². The third kappa shape index (κ3) is 10.4. The Hall–Kier alpha value is -1.15. The fourth-order valence-electron chi connectivity index (χ4n) is 1.02. The van der Waals surface area contributed by atoms with Crippen LogP contribution in [-0.4, -0.2) is 71.2 Å². The molecular formula is C9H16F6N3O5S2+. The van der Waals surface area contributed by atoms with Crippen molar-refractivity contribution in [2.24, 2.45) is 0 Å². The summed E-state index contributed by atoms with van der Waals surface area (Å²) in [7, 11) is -7.17. The van der Waals surface area contributed by atoms with Gasteiger partial charge in [0.2, 0.25) is 0 Å². The molecule has 0 aromatic carbocycles. The van der Waals surface area contributed by atoms with Crippen molar-refractivity contribution >= 4 is 20.0 Å². The summed E-state index contributed by atoms with van der Waals surface area (Å²) >= 11 is 0. The Bertz CT molecular complexity index is 630. The molecule has 0 bridgehead atoms. The maximum atomic E-state index is 11.5. The van der Waals surface area contributed by atoms with E-state index in [0.717, 1.165) is 4.13 Å². The van der Waals surface area contributed by atoms with Gasteiger partial charge >= 0.3 is 21.0 Å². The van der Waals surface area contributed by atoms with Gasteiger partial charge in [0.1, 0.15) is 12.6 Å². The van der Waals surface area contributed by atoms with E-state index in [1.54, 1.807) is 0 Å². The van der Waals surface area contributed by atoms with Gasteiger partial charge in [-0.15, -0.1) is 0 Å². The first-order chi connectivity index (χ1) is 10.7. The second kappa shape index (κ2) is 8.49. The van der Waals surface area contributed by atoms with Gasteiger partial charge in [0.15, 0.2) is 10.0 Å². The van der Waals surface area contributed by atoms with Crippen LogP contribution >= 0.6 is 0 Å². The number of hydrogen-bond donors (Lipinski definition) is 1. The van der Waals surface area contributed by atoms with Gasteiger partial charge < -0.3 is 13.7 Å². The molecule has 0 aromatic rings. The van der Waals surface area contributed by atoms with Gasteiger partial charge in [-0.2, -0.15) is 35.8 Å². The highest BCUT2D eigenvalue weighted by atomic mass is 32.3. The van der Waals surface area contributed by atoms with Gasteiger partial charge in [-0.3, -0.25) is 0 Å². The number of halogens is 6. The fraction of sp³-hybridized carbons (Fsp3) is 0.889. The summed E-state index contributed by atoms with van der Waals surface area (Å²) in [6.07, 6.45) is -0.250. The first-order valence-electron chi connectivity index (χ1n) is 5.90. The highest BCUT2D eigenvalue weighted by Crippen LogP contribution is 2.36. The molecule has 2 unspecified atom stereocenters. The molecule has 0 aliphatic carbocycles. The molecule has 150 valence electrons. The van der Waals surface area contributed by atoms with E-state index in [1.165, 1.54) is 0 Å². The minimum absolute atomic E-state index is 0.232. The number of hydrogen-bond acceptors (Lipinski definition) is 5. The number of quaternary nitrogens is 1.